The zero-order valence-corrected chi connectivity index (χ0v) is 17.2. The summed E-state index contributed by atoms with van der Waals surface area (Å²) in [5, 5.41) is 4.63. The van der Waals surface area contributed by atoms with Crippen LogP contribution in [0.5, 0.6) is 0 Å². The number of aromatic nitrogens is 2. The minimum atomic E-state index is 0.798. The maximum atomic E-state index is 5.03. The molecule has 0 bridgehead atoms. The Kier molecular flexibility index (Phi) is 4.72. The summed E-state index contributed by atoms with van der Waals surface area (Å²) in [7, 11) is 0. The van der Waals surface area contributed by atoms with Gasteiger partial charge in [-0.3, -0.25) is 4.57 Å². The van der Waals surface area contributed by atoms with Crippen molar-refractivity contribution in [1.29, 1.82) is 0 Å². The molecule has 1 aliphatic carbocycles. The topological polar surface area (TPSA) is 29.9 Å². The molecule has 5 rings (SSSR count). The molecule has 3 nitrogen and oxygen atoms in total. The third kappa shape index (κ3) is 3.55. The van der Waals surface area contributed by atoms with Crippen LogP contribution in [-0.2, 0) is 12.8 Å². The second kappa shape index (κ2) is 7.68. The molecular formula is C27H25N3. The Balaban J connectivity index is 1.61. The van der Waals surface area contributed by atoms with E-state index >= 15 is 0 Å². The normalized spacial score (nSPS) is 14.9. The Morgan fingerprint density at radius 1 is 1.07 bits per heavy atom. The number of benzene rings is 2. The molecule has 0 atom stereocenters. The molecule has 30 heavy (non-hydrogen) atoms. The first-order valence-electron chi connectivity index (χ1n) is 10.4. The highest BCUT2D eigenvalue weighted by Gasteiger charge is 2.18. The molecular weight excluding hydrogens is 366 g/mol. The third-order valence-corrected chi connectivity index (χ3v) is 5.70. The molecule has 0 saturated heterocycles. The van der Waals surface area contributed by atoms with Gasteiger partial charge < -0.3 is 5.32 Å². The molecule has 1 N–H and O–H groups in total. The molecule has 3 aromatic rings. The Hall–Kier alpha value is -3.59. The molecule has 2 aliphatic rings. The van der Waals surface area contributed by atoms with Crippen LogP contribution in [0.2, 0.25) is 0 Å². The SMILES string of the molecule is C=c1c(CC2=CC=CC2)nc2n1C=C(c1ccccc1)NC=2Cc1cccc(C)c1. The van der Waals surface area contributed by atoms with Crippen molar-refractivity contribution in [1.82, 2.24) is 14.9 Å². The number of nitrogens with zero attached hydrogens (tertiary/aromatic N) is 2. The predicted octanol–water partition coefficient (Wildman–Crippen LogP) is 3.94. The predicted molar refractivity (Wildman–Crippen MR) is 125 cm³/mol. The van der Waals surface area contributed by atoms with Crippen LogP contribution in [0.1, 0.15) is 28.8 Å². The molecule has 1 aromatic heterocycles. The summed E-state index contributed by atoms with van der Waals surface area (Å²) in [6.07, 6.45) is 11.3. The lowest BCUT2D eigenvalue weighted by molar-refractivity contribution is 0.943. The van der Waals surface area contributed by atoms with E-state index in [4.69, 9.17) is 4.98 Å². The van der Waals surface area contributed by atoms with Crippen LogP contribution in [0.4, 0.5) is 0 Å². The van der Waals surface area contributed by atoms with Gasteiger partial charge in [-0.25, -0.2) is 4.98 Å². The van der Waals surface area contributed by atoms with Crippen LogP contribution in [-0.4, -0.2) is 9.55 Å². The number of hydrogen-bond donors (Lipinski definition) is 1. The minimum Gasteiger partial charge on any atom is -0.354 e. The number of aryl methyl sites for hydroxylation is 1. The standard InChI is InChI=1S/C27H25N3/c1-19-9-8-12-22(15-19)17-25-27-29-24(16-21-10-6-7-11-21)20(2)30(27)18-26(28-25)23-13-4-3-5-14-23/h3-10,12-15,18,28H,2,11,16-17H2,1H3. The van der Waals surface area contributed by atoms with Crippen LogP contribution in [0.15, 0.2) is 78.4 Å². The minimum absolute atomic E-state index is 0.798. The lowest BCUT2D eigenvalue weighted by atomic mass is 10.1. The van der Waals surface area contributed by atoms with Gasteiger partial charge in [0.2, 0.25) is 0 Å². The second-order valence-electron chi connectivity index (χ2n) is 8.01. The summed E-state index contributed by atoms with van der Waals surface area (Å²) in [4.78, 5) is 5.03. The summed E-state index contributed by atoms with van der Waals surface area (Å²) in [5.41, 5.74) is 9.27. The van der Waals surface area contributed by atoms with Crippen molar-refractivity contribution < 1.29 is 0 Å². The number of allylic oxidation sites excluding steroid dienone is 4. The zero-order valence-electron chi connectivity index (χ0n) is 17.2. The Morgan fingerprint density at radius 2 is 1.93 bits per heavy atom. The first kappa shape index (κ1) is 18.4. The molecule has 2 aromatic carbocycles. The Bertz CT molecular complexity index is 1300. The van der Waals surface area contributed by atoms with E-state index in [9.17, 15) is 0 Å². The first-order valence-corrected chi connectivity index (χ1v) is 10.4. The largest absolute Gasteiger partial charge is 0.354 e. The maximum absolute atomic E-state index is 5.03. The highest BCUT2D eigenvalue weighted by atomic mass is 15.1. The summed E-state index contributed by atoms with van der Waals surface area (Å²) in [5.74, 6) is 0. The van der Waals surface area contributed by atoms with Crippen LogP contribution >= 0.6 is 0 Å². The molecule has 0 radical (unpaired) electrons. The summed E-state index contributed by atoms with van der Waals surface area (Å²) < 4.78 is 2.15. The van der Waals surface area contributed by atoms with Crippen LogP contribution in [0.25, 0.3) is 24.2 Å². The second-order valence-corrected chi connectivity index (χ2v) is 8.01. The van der Waals surface area contributed by atoms with Gasteiger partial charge in [0.25, 0.3) is 0 Å². The van der Waals surface area contributed by atoms with Gasteiger partial charge in [0, 0.05) is 19.0 Å². The molecule has 0 spiro atoms. The Morgan fingerprint density at radius 3 is 2.70 bits per heavy atom. The van der Waals surface area contributed by atoms with Gasteiger partial charge in [0.1, 0.15) is 0 Å². The van der Waals surface area contributed by atoms with Crippen LogP contribution in [0.3, 0.4) is 0 Å². The maximum Gasteiger partial charge on any atom is 0.157 e. The molecule has 1 aliphatic heterocycles. The van der Waals surface area contributed by atoms with Crippen molar-refractivity contribution in [3.63, 3.8) is 0 Å². The first-order chi connectivity index (χ1) is 14.7. The quantitative estimate of drug-likeness (QED) is 0.714. The van der Waals surface area contributed by atoms with Gasteiger partial charge in [-0.15, -0.1) is 0 Å². The van der Waals surface area contributed by atoms with E-state index in [1.165, 1.54) is 16.7 Å². The fraction of sp³-hybridized carbons (Fsp3) is 0.148. The van der Waals surface area contributed by atoms with Crippen molar-refractivity contribution in [2.75, 3.05) is 0 Å². The van der Waals surface area contributed by atoms with E-state index in [2.05, 4.69) is 96.3 Å². The molecule has 0 fully saturated rings. The van der Waals surface area contributed by atoms with E-state index in [1.54, 1.807) is 0 Å². The van der Waals surface area contributed by atoms with Crippen molar-refractivity contribution in [3.05, 3.63) is 112 Å². The number of rotatable bonds is 5. The monoisotopic (exact) mass is 391 g/mol. The number of fused-ring (bicyclic) bond motifs is 1. The van der Waals surface area contributed by atoms with E-state index in [-0.39, 0.29) is 0 Å². The van der Waals surface area contributed by atoms with Gasteiger partial charge in [-0.1, -0.05) is 90.5 Å². The third-order valence-electron chi connectivity index (χ3n) is 5.70. The van der Waals surface area contributed by atoms with Crippen molar-refractivity contribution >= 4 is 24.2 Å². The smallest absolute Gasteiger partial charge is 0.157 e. The van der Waals surface area contributed by atoms with Gasteiger partial charge in [-0.2, -0.15) is 0 Å². The number of hydrogen-bond acceptors (Lipinski definition) is 2. The van der Waals surface area contributed by atoms with Crippen molar-refractivity contribution in [2.45, 2.75) is 26.2 Å². The van der Waals surface area contributed by atoms with E-state index in [1.807, 2.05) is 6.07 Å². The molecule has 0 unspecified atom stereocenters. The fourth-order valence-corrected chi connectivity index (χ4v) is 4.14. The van der Waals surface area contributed by atoms with Crippen molar-refractivity contribution in [2.24, 2.45) is 0 Å². The van der Waals surface area contributed by atoms with Gasteiger partial charge in [0.15, 0.2) is 5.48 Å². The van der Waals surface area contributed by atoms with E-state index in [0.29, 0.717) is 0 Å². The molecule has 148 valence electrons. The summed E-state index contributed by atoms with van der Waals surface area (Å²) in [6, 6.07) is 19.1. The van der Waals surface area contributed by atoms with Crippen LogP contribution in [0, 0.1) is 6.92 Å². The van der Waals surface area contributed by atoms with E-state index < -0.39 is 0 Å². The zero-order chi connectivity index (χ0) is 20.5. The van der Waals surface area contributed by atoms with Gasteiger partial charge >= 0.3 is 0 Å². The molecule has 0 saturated carbocycles. The summed E-state index contributed by atoms with van der Waals surface area (Å²) >= 11 is 0. The van der Waals surface area contributed by atoms with Gasteiger partial charge in [-0.05, 0) is 24.5 Å². The molecule has 0 amide bonds. The lowest BCUT2D eigenvalue weighted by Gasteiger charge is -2.19. The number of nitrogens with one attached hydrogen (secondary N) is 1. The van der Waals surface area contributed by atoms with Crippen LogP contribution < -0.4 is 16.1 Å². The summed E-state index contributed by atoms with van der Waals surface area (Å²) in [6.45, 7) is 6.52. The molecule has 2 heterocycles. The lowest BCUT2D eigenvalue weighted by Crippen LogP contribution is -2.35. The number of imidazole rings is 1. The average Bonchev–Trinajstić information content (AvgIpc) is 3.38. The Labute approximate surface area is 177 Å². The van der Waals surface area contributed by atoms with Crippen molar-refractivity contribution in [3.8, 4) is 0 Å². The van der Waals surface area contributed by atoms with E-state index in [0.717, 1.165) is 52.7 Å². The molecule has 3 heteroatoms. The van der Waals surface area contributed by atoms with Gasteiger partial charge in [0.05, 0.1) is 22.4 Å². The highest BCUT2D eigenvalue weighted by molar-refractivity contribution is 5.80. The average molecular weight is 392 g/mol. The fourth-order valence-electron chi connectivity index (χ4n) is 4.14. The highest BCUT2D eigenvalue weighted by Crippen LogP contribution is 2.19.